The van der Waals surface area contributed by atoms with Crippen molar-refractivity contribution in [3.63, 3.8) is 0 Å². The molecule has 5 aromatic rings. The number of aromatic nitrogens is 5. The molecule has 1 N–H and O–H groups in total. The summed E-state index contributed by atoms with van der Waals surface area (Å²) in [6.07, 6.45) is 1.61. The number of methoxy groups -OCH3 is 1. The molecule has 2 aromatic carbocycles. The first-order chi connectivity index (χ1) is 18.0. The number of furan rings is 1. The average molecular weight is 503 g/mol. The normalized spacial score (nSPS) is 12.4. The van der Waals surface area contributed by atoms with Crippen LogP contribution in [0.15, 0.2) is 76.1 Å². The highest BCUT2D eigenvalue weighted by molar-refractivity contribution is 5.79. The number of ether oxygens (including phenoxy) is 1. The zero-order chi connectivity index (χ0) is 25.8. The van der Waals surface area contributed by atoms with Crippen LogP contribution in [-0.2, 0) is 24.4 Å². The highest BCUT2D eigenvalue weighted by atomic mass is 19.1. The van der Waals surface area contributed by atoms with Crippen molar-refractivity contribution in [2.24, 2.45) is 0 Å². The van der Waals surface area contributed by atoms with Gasteiger partial charge in [-0.05, 0) is 70.8 Å². The topological polar surface area (TPSA) is 102 Å². The van der Waals surface area contributed by atoms with E-state index in [9.17, 15) is 9.18 Å². The monoisotopic (exact) mass is 502 g/mol. The lowest BCUT2D eigenvalue weighted by Crippen LogP contribution is -2.35. The van der Waals surface area contributed by atoms with Crippen molar-refractivity contribution in [2.45, 2.75) is 32.6 Å². The summed E-state index contributed by atoms with van der Waals surface area (Å²) in [6, 6.07) is 17.1. The summed E-state index contributed by atoms with van der Waals surface area (Å²) in [5, 5.41) is 13.3. The van der Waals surface area contributed by atoms with E-state index in [0.29, 0.717) is 43.4 Å². The van der Waals surface area contributed by atoms with Gasteiger partial charge in [0.15, 0.2) is 5.82 Å². The molecular formula is C27H27FN6O3. The lowest BCUT2D eigenvalue weighted by Gasteiger charge is -2.30. The lowest BCUT2D eigenvalue weighted by atomic mass is 10.0. The minimum atomic E-state index is -0.643. The molecule has 10 heteroatoms. The maximum atomic E-state index is 13.7. The number of pyridine rings is 1. The second kappa shape index (κ2) is 10.9. The average Bonchev–Trinajstić information content (AvgIpc) is 3.57. The van der Waals surface area contributed by atoms with E-state index in [4.69, 9.17) is 9.15 Å². The van der Waals surface area contributed by atoms with Gasteiger partial charge in [-0.2, -0.15) is 0 Å². The predicted octanol–water partition coefficient (Wildman–Crippen LogP) is 3.99. The maximum Gasteiger partial charge on any atom is 0.253 e. The number of hydrogen-bond acceptors (Lipinski definition) is 7. The summed E-state index contributed by atoms with van der Waals surface area (Å²) in [4.78, 5) is 18.6. The van der Waals surface area contributed by atoms with Crippen molar-refractivity contribution in [3.8, 4) is 0 Å². The Balaban J connectivity index is 1.68. The van der Waals surface area contributed by atoms with Crippen LogP contribution in [0.4, 0.5) is 4.39 Å². The maximum absolute atomic E-state index is 13.7. The molecule has 0 bridgehead atoms. The second-order valence-electron chi connectivity index (χ2n) is 8.91. The number of aryl methyl sites for hydroxylation is 1. The SMILES string of the molecule is COCCn1nnnc1[C@H](c1cc2cc(C)ccc2[nH]c1=O)N(Cc1ccc(F)cc1)Cc1ccco1. The van der Waals surface area contributed by atoms with E-state index in [1.807, 2.05) is 48.2 Å². The minimum Gasteiger partial charge on any atom is -0.468 e. The molecule has 0 aliphatic heterocycles. The molecule has 5 rings (SSSR count). The summed E-state index contributed by atoms with van der Waals surface area (Å²) < 4.78 is 26.2. The Bertz CT molecular complexity index is 1530. The van der Waals surface area contributed by atoms with Gasteiger partial charge in [-0.1, -0.05) is 23.8 Å². The largest absolute Gasteiger partial charge is 0.468 e. The van der Waals surface area contributed by atoms with Crippen molar-refractivity contribution in [2.75, 3.05) is 13.7 Å². The fraction of sp³-hybridized carbons (Fsp3) is 0.259. The van der Waals surface area contributed by atoms with Crippen LogP contribution in [0.2, 0.25) is 0 Å². The van der Waals surface area contributed by atoms with Crippen LogP contribution in [0, 0.1) is 12.7 Å². The van der Waals surface area contributed by atoms with Crippen LogP contribution in [0.3, 0.4) is 0 Å². The van der Waals surface area contributed by atoms with E-state index in [-0.39, 0.29) is 11.4 Å². The summed E-state index contributed by atoms with van der Waals surface area (Å²) in [6.45, 7) is 3.55. The zero-order valence-corrected chi connectivity index (χ0v) is 20.6. The molecule has 0 amide bonds. The van der Waals surface area contributed by atoms with Crippen LogP contribution in [0.25, 0.3) is 10.9 Å². The fourth-order valence-corrected chi connectivity index (χ4v) is 4.46. The molecule has 0 radical (unpaired) electrons. The van der Waals surface area contributed by atoms with Crippen molar-refractivity contribution in [3.05, 3.63) is 111 Å². The molecule has 0 fully saturated rings. The van der Waals surface area contributed by atoms with E-state index in [1.54, 1.807) is 30.2 Å². The molecule has 0 spiro atoms. The van der Waals surface area contributed by atoms with Crippen LogP contribution in [-0.4, -0.2) is 43.8 Å². The second-order valence-corrected chi connectivity index (χ2v) is 8.91. The van der Waals surface area contributed by atoms with Crippen LogP contribution in [0.5, 0.6) is 0 Å². The van der Waals surface area contributed by atoms with Crippen molar-refractivity contribution >= 4 is 10.9 Å². The molecule has 3 aromatic heterocycles. The van der Waals surface area contributed by atoms with E-state index in [0.717, 1.165) is 22.0 Å². The Morgan fingerprint density at radius 2 is 1.97 bits per heavy atom. The van der Waals surface area contributed by atoms with Crippen LogP contribution >= 0.6 is 0 Å². The van der Waals surface area contributed by atoms with Gasteiger partial charge in [-0.25, -0.2) is 9.07 Å². The summed E-state index contributed by atoms with van der Waals surface area (Å²) >= 11 is 0. The Hall–Kier alpha value is -4.15. The Morgan fingerprint density at radius 1 is 1.14 bits per heavy atom. The number of hydrogen-bond donors (Lipinski definition) is 1. The van der Waals surface area contributed by atoms with Gasteiger partial charge in [-0.15, -0.1) is 5.10 Å². The number of nitrogens with one attached hydrogen (secondary N) is 1. The number of fused-ring (bicyclic) bond motifs is 1. The number of aromatic amines is 1. The molecule has 3 heterocycles. The number of halogens is 1. The molecule has 37 heavy (non-hydrogen) atoms. The van der Waals surface area contributed by atoms with E-state index in [1.165, 1.54) is 12.1 Å². The van der Waals surface area contributed by atoms with Crippen molar-refractivity contribution in [1.29, 1.82) is 0 Å². The Kier molecular flexibility index (Phi) is 7.20. The first kappa shape index (κ1) is 24.5. The minimum absolute atomic E-state index is 0.244. The smallest absolute Gasteiger partial charge is 0.253 e. The van der Waals surface area contributed by atoms with E-state index in [2.05, 4.69) is 20.5 Å². The zero-order valence-electron chi connectivity index (χ0n) is 20.6. The lowest BCUT2D eigenvalue weighted by molar-refractivity contribution is 0.163. The third kappa shape index (κ3) is 5.50. The van der Waals surface area contributed by atoms with Gasteiger partial charge in [0.05, 0.1) is 26.0 Å². The van der Waals surface area contributed by atoms with E-state index < -0.39 is 6.04 Å². The standard InChI is InChI=1S/C27H27FN6O3/c1-18-5-10-24-20(14-18)15-23(27(35)29-24)25(26-30-31-32-34(26)11-13-36-2)33(17-22-4-3-12-37-22)16-19-6-8-21(28)9-7-19/h3-10,12,14-15,25H,11,13,16-17H2,1-2H3,(H,29,35)/t25-/m0/s1. The van der Waals surface area contributed by atoms with Gasteiger partial charge in [0.1, 0.15) is 17.6 Å². The van der Waals surface area contributed by atoms with Crippen LogP contribution in [0.1, 0.15) is 34.3 Å². The fourth-order valence-electron chi connectivity index (χ4n) is 4.46. The highest BCUT2D eigenvalue weighted by Crippen LogP contribution is 2.30. The number of benzene rings is 2. The summed E-state index contributed by atoms with van der Waals surface area (Å²) in [7, 11) is 1.61. The predicted molar refractivity (Wildman–Crippen MR) is 135 cm³/mol. The third-order valence-corrected chi connectivity index (χ3v) is 6.24. The van der Waals surface area contributed by atoms with Gasteiger partial charge >= 0.3 is 0 Å². The molecule has 190 valence electrons. The van der Waals surface area contributed by atoms with Crippen LogP contribution < -0.4 is 5.56 Å². The van der Waals surface area contributed by atoms with Gasteiger partial charge in [0.25, 0.3) is 5.56 Å². The number of rotatable bonds is 10. The van der Waals surface area contributed by atoms with Gasteiger partial charge in [0, 0.05) is 24.7 Å². The molecular weight excluding hydrogens is 475 g/mol. The summed E-state index contributed by atoms with van der Waals surface area (Å²) in [5.74, 6) is 0.877. The van der Waals surface area contributed by atoms with E-state index >= 15 is 0 Å². The first-order valence-electron chi connectivity index (χ1n) is 11.9. The highest BCUT2D eigenvalue weighted by Gasteiger charge is 2.31. The molecule has 0 unspecified atom stereocenters. The van der Waals surface area contributed by atoms with Crippen molar-refractivity contribution in [1.82, 2.24) is 30.1 Å². The molecule has 0 saturated heterocycles. The first-order valence-corrected chi connectivity index (χ1v) is 11.9. The number of H-pyrrole nitrogens is 1. The van der Waals surface area contributed by atoms with Gasteiger partial charge < -0.3 is 14.1 Å². The molecule has 1 atom stereocenters. The Labute approximate surface area is 212 Å². The molecule has 0 aliphatic carbocycles. The third-order valence-electron chi connectivity index (χ3n) is 6.24. The summed E-state index contributed by atoms with van der Waals surface area (Å²) in [5.41, 5.74) is 2.92. The van der Waals surface area contributed by atoms with Gasteiger partial charge in [0.2, 0.25) is 0 Å². The molecule has 0 aliphatic rings. The molecule has 0 saturated carbocycles. The van der Waals surface area contributed by atoms with Crippen molar-refractivity contribution < 1.29 is 13.5 Å². The quantitative estimate of drug-likeness (QED) is 0.308. The van der Waals surface area contributed by atoms with Gasteiger partial charge in [-0.3, -0.25) is 9.69 Å². The molecule has 9 nitrogen and oxygen atoms in total. The Morgan fingerprint density at radius 3 is 2.73 bits per heavy atom. The number of nitrogens with zero attached hydrogens (tertiary/aromatic N) is 5. The number of tetrazole rings is 1.